The number of aryl methyl sites for hydroxylation is 2. The molecule has 1 amide bonds. The maximum Gasteiger partial charge on any atom is 0.274 e. The molecule has 1 heterocycles. The van der Waals surface area contributed by atoms with Gasteiger partial charge < -0.3 is 19.9 Å². The quantitative estimate of drug-likeness (QED) is 0.455. The first-order chi connectivity index (χ1) is 15.9. The highest BCUT2D eigenvalue weighted by Gasteiger charge is 2.29. The highest BCUT2D eigenvalue weighted by Crippen LogP contribution is 2.40. The Morgan fingerprint density at radius 1 is 1.18 bits per heavy atom. The van der Waals surface area contributed by atoms with Crippen molar-refractivity contribution in [3.8, 4) is 5.75 Å². The van der Waals surface area contributed by atoms with Crippen LogP contribution < -0.4 is 15.4 Å². The summed E-state index contributed by atoms with van der Waals surface area (Å²) in [7, 11) is 0. The van der Waals surface area contributed by atoms with E-state index in [1.165, 1.54) is 12.1 Å². The van der Waals surface area contributed by atoms with E-state index in [1.807, 2.05) is 13.8 Å². The third kappa shape index (κ3) is 5.79. The molecule has 3 aromatic rings. The number of ether oxygens (including phenoxy) is 1. The lowest BCUT2D eigenvalue weighted by Crippen LogP contribution is -2.35. The summed E-state index contributed by atoms with van der Waals surface area (Å²) in [5.74, 6) is 1.42. The predicted octanol–water partition coefficient (Wildman–Crippen LogP) is 4.97. The summed E-state index contributed by atoms with van der Waals surface area (Å²) in [6.07, 6.45) is 2.14. The molecule has 0 aliphatic heterocycles. The molecule has 7 heteroatoms. The first-order valence-electron chi connectivity index (χ1n) is 11.4. The zero-order chi connectivity index (χ0) is 23.4. The van der Waals surface area contributed by atoms with Crippen molar-refractivity contribution in [3.63, 3.8) is 0 Å². The zero-order valence-corrected chi connectivity index (χ0v) is 19.3. The van der Waals surface area contributed by atoms with E-state index >= 15 is 0 Å². The average molecular weight is 452 g/mol. The van der Waals surface area contributed by atoms with Crippen molar-refractivity contribution in [1.82, 2.24) is 15.8 Å². The van der Waals surface area contributed by atoms with Gasteiger partial charge in [0.15, 0.2) is 5.69 Å². The van der Waals surface area contributed by atoms with Gasteiger partial charge in [-0.15, -0.1) is 0 Å². The maximum absolute atomic E-state index is 13.5. The van der Waals surface area contributed by atoms with Crippen molar-refractivity contribution in [2.45, 2.75) is 52.1 Å². The van der Waals surface area contributed by atoms with E-state index in [0.717, 1.165) is 46.6 Å². The molecule has 0 spiro atoms. The Labute approximate surface area is 193 Å². The Bertz CT molecular complexity index is 1110. The van der Waals surface area contributed by atoms with Crippen molar-refractivity contribution in [2.75, 3.05) is 13.2 Å². The molecule has 2 aromatic carbocycles. The second kappa shape index (κ2) is 10.2. The summed E-state index contributed by atoms with van der Waals surface area (Å²) in [5, 5.41) is 10.4. The first-order valence-corrected chi connectivity index (χ1v) is 11.4. The van der Waals surface area contributed by atoms with Crippen LogP contribution in [0.15, 0.2) is 47.0 Å². The van der Waals surface area contributed by atoms with E-state index in [2.05, 4.69) is 34.8 Å². The second-order valence-corrected chi connectivity index (χ2v) is 8.57. The van der Waals surface area contributed by atoms with Crippen LogP contribution in [0.25, 0.3) is 0 Å². The molecule has 1 aliphatic carbocycles. The minimum absolute atomic E-state index is 0.266. The van der Waals surface area contributed by atoms with Crippen LogP contribution in [0.4, 0.5) is 4.39 Å². The summed E-state index contributed by atoms with van der Waals surface area (Å²) in [6, 6.07) is 11.7. The molecule has 1 atom stereocenters. The lowest BCUT2D eigenvalue weighted by atomic mass is 10.0. The fraction of sp³-hybridized carbons (Fsp3) is 0.385. The van der Waals surface area contributed by atoms with E-state index < -0.39 is 0 Å². The molecular formula is C26H30FN3O3. The summed E-state index contributed by atoms with van der Waals surface area (Å²) in [4.78, 5) is 12.8. The first kappa shape index (κ1) is 23.0. The van der Waals surface area contributed by atoms with Gasteiger partial charge in [0.25, 0.3) is 5.91 Å². The minimum atomic E-state index is -0.358. The number of nitrogens with one attached hydrogen (secondary N) is 2. The van der Waals surface area contributed by atoms with Crippen LogP contribution >= 0.6 is 0 Å². The van der Waals surface area contributed by atoms with Crippen LogP contribution in [0.5, 0.6) is 5.75 Å². The molecule has 1 aliphatic rings. The minimum Gasteiger partial charge on any atom is -0.494 e. The number of amides is 1. The highest BCUT2D eigenvalue weighted by atomic mass is 19.1. The van der Waals surface area contributed by atoms with Gasteiger partial charge in [0.1, 0.15) is 17.3 Å². The number of halogens is 1. The Kier molecular flexibility index (Phi) is 7.08. The number of carbonyl (C=O) groups excluding carboxylic acids is 1. The molecule has 33 heavy (non-hydrogen) atoms. The molecule has 2 N–H and O–H groups in total. The third-order valence-corrected chi connectivity index (χ3v) is 5.92. The largest absolute Gasteiger partial charge is 0.494 e. The predicted molar refractivity (Wildman–Crippen MR) is 124 cm³/mol. The molecule has 1 saturated carbocycles. The van der Waals surface area contributed by atoms with Gasteiger partial charge in [-0.05, 0) is 74.1 Å². The molecule has 1 aromatic heterocycles. The Morgan fingerprint density at radius 3 is 2.64 bits per heavy atom. The maximum atomic E-state index is 13.5. The summed E-state index contributed by atoms with van der Waals surface area (Å²) in [6.45, 7) is 7.78. The Balaban J connectivity index is 1.44. The van der Waals surface area contributed by atoms with E-state index in [9.17, 15) is 9.18 Å². The van der Waals surface area contributed by atoms with Crippen LogP contribution in [-0.2, 0) is 6.54 Å². The summed E-state index contributed by atoms with van der Waals surface area (Å²) >= 11 is 0. The van der Waals surface area contributed by atoms with E-state index in [1.54, 1.807) is 18.2 Å². The van der Waals surface area contributed by atoms with E-state index in [0.29, 0.717) is 25.6 Å². The van der Waals surface area contributed by atoms with Gasteiger partial charge in [0, 0.05) is 25.1 Å². The lowest BCUT2D eigenvalue weighted by molar-refractivity contribution is 0.0926. The Hall–Kier alpha value is -3.19. The standard InChI is InChI=1S/C26H30FN3O3/c1-4-32-24-12-16(2)20(11-17(24)3)14-28-15-23(18-7-9-21(27)10-8-18)29-26(31)22-13-25(33-30-22)19-5-6-19/h7-13,19,23,28H,4-6,14-15H2,1-3H3,(H,29,31). The van der Waals surface area contributed by atoms with Crippen LogP contribution in [-0.4, -0.2) is 24.2 Å². The number of hydrogen-bond acceptors (Lipinski definition) is 5. The van der Waals surface area contributed by atoms with Gasteiger partial charge in [-0.2, -0.15) is 0 Å². The zero-order valence-electron chi connectivity index (χ0n) is 19.3. The van der Waals surface area contributed by atoms with Gasteiger partial charge in [0.2, 0.25) is 0 Å². The molecule has 0 radical (unpaired) electrons. The van der Waals surface area contributed by atoms with Crippen LogP contribution in [0, 0.1) is 19.7 Å². The lowest BCUT2D eigenvalue weighted by Gasteiger charge is -2.20. The second-order valence-electron chi connectivity index (χ2n) is 8.57. The SMILES string of the molecule is CCOc1cc(C)c(CNCC(NC(=O)c2cc(C3CC3)on2)c2ccc(F)cc2)cc1C. The van der Waals surface area contributed by atoms with Crippen molar-refractivity contribution in [2.24, 2.45) is 0 Å². The fourth-order valence-electron chi connectivity index (χ4n) is 3.84. The summed E-state index contributed by atoms with van der Waals surface area (Å²) < 4.78 is 24.5. The van der Waals surface area contributed by atoms with Crippen LogP contribution in [0.2, 0.25) is 0 Å². The smallest absolute Gasteiger partial charge is 0.274 e. The van der Waals surface area contributed by atoms with Gasteiger partial charge in [-0.25, -0.2) is 4.39 Å². The Morgan fingerprint density at radius 2 is 1.94 bits per heavy atom. The molecular weight excluding hydrogens is 421 g/mol. The number of rotatable bonds is 10. The number of carbonyl (C=O) groups is 1. The number of aromatic nitrogens is 1. The summed E-state index contributed by atoms with van der Waals surface area (Å²) in [5.41, 5.74) is 4.45. The van der Waals surface area contributed by atoms with Gasteiger partial charge in [-0.3, -0.25) is 4.79 Å². The fourth-order valence-corrected chi connectivity index (χ4v) is 3.84. The van der Waals surface area contributed by atoms with Crippen molar-refractivity contribution < 1.29 is 18.4 Å². The third-order valence-electron chi connectivity index (χ3n) is 5.92. The number of hydrogen-bond donors (Lipinski definition) is 2. The molecule has 1 unspecified atom stereocenters. The number of nitrogens with zero attached hydrogens (tertiary/aromatic N) is 1. The highest BCUT2D eigenvalue weighted by molar-refractivity contribution is 5.92. The van der Waals surface area contributed by atoms with Crippen LogP contribution in [0.1, 0.15) is 70.2 Å². The monoisotopic (exact) mass is 451 g/mol. The topological polar surface area (TPSA) is 76.4 Å². The molecule has 4 rings (SSSR count). The van der Waals surface area contributed by atoms with Crippen LogP contribution in [0.3, 0.4) is 0 Å². The average Bonchev–Trinajstić information content (AvgIpc) is 3.53. The van der Waals surface area contributed by atoms with Crippen molar-refractivity contribution in [1.29, 1.82) is 0 Å². The molecule has 0 saturated heterocycles. The molecule has 6 nitrogen and oxygen atoms in total. The normalized spacial score (nSPS) is 14.2. The van der Waals surface area contributed by atoms with Crippen molar-refractivity contribution >= 4 is 5.91 Å². The molecule has 174 valence electrons. The van der Waals surface area contributed by atoms with Crippen molar-refractivity contribution in [3.05, 3.63) is 82.0 Å². The van der Waals surface area contributed by atoms with Gasteiger partial charge in [0.05, 0.1) is 12.6 Å². The van der Waals surface area contributed by atoms with Gasteiger partial charge >= 0.3 is 0 Å². The van der Waals surface area contributed by atoms with Gasteiger partial charge in [-0.1, -0.05) is 23.4 Å². The van der Waals surface area contributed by atoms with E-state index in [-0.39, 0.29) is 23.5 Å². The molecule has 1 fully saturated rings. The van der Waals surface area contributed by atoms with E-state index in [4.69, 9.17) is 9.26 Å². The number of benzene rings is 2. The molecule has 0 bridgehead atoms.